The molecule has 2 aliphatic rings. The molecule has 32 heavy (non-hydrogen) atoms. The first-order valence-corrected chi connectivity index (χ1v) is 12.8. The summed E-state index contributed by atoms with van der Waals surface area (Å²) in [6.45, 7) is 9.75. The molecule has 0 heterocycles. The van der Waals surface area contributed by atoms with Crippen molar-refractivity contribution in [3.63, 3.8) is 0 Å². The fraction of sp³-hybridized carbons (Fsp3) is 0.621. The SMILES string of the molecule is C=C(CCC/C=C\C[C@@H]1C(N=C[C@@H](C)CCc2ccccc2)[C@H](C)C[C@@H]1O)NCC1CC1. The Morgan fingerprint density at radius 3 is 2.78 bits per heavy atom. The summed E-state index contributed by atoms with van der Waals surface area (Å²) in [5.41, 5.74) is 2.57. The Hall–Kier alpha value is -1.87. The molecule has 0 radical (unpaired) electrons. The average molecular weight is 437 g/mol. The Morgan fingerprint density at radius 2 is 2.03 bits per heavy atom. The molecule has 0 bridgehead atoms. The molecule has 0 amide bonds. The number of hydrogen-bond donors (Lipinski definition) is 2. The van der Waals surface area contributed by atoms with Crippen LogP contribution in [0.5, 0.6) is 0 Å². The van der Waals surface area contributed by atoms with Crippen molar-refractivity contribution < 1.29 is 5.11 Å². The van der Waals surface area contributed by atoms with Crippen LogP contribution in [-0.2, 0) is 6.42 Å². The minimum Gasteiger partial charge on any atom is -0.393 e. The summed E-state index contributed by atoms with van der Waals surface area (Å²) in [5.74, 6) is 2.04. The van der Waals surface area contributed by atoms with Crippen LogP contribution in [0, 0.1) is 23.7 Å². The summed E-state index contributed by atoms with van der Waals surface area (Å²) >= 11 is 0. The van der Waals surface area contributed by atoms with Crippen molar-refractivity contribution in [3.05, 3.63) is 60.3 Å². The largest absolute Gasteiger partial charge is 0.393 e. The van der Waals surface area contributed by atoms with E-state index in [9.17, 15) is 5.11 Å². The maximum atomic E-state index is 10.6. The molecule has 1 unspecified atom stereocenters. The lowest BCUT2D eigenvalue weighted by atomic mass is 9.94. The van der Waals surface area contributed by atoms with Crippen LogP contribution in [0.3, 0.4) is 0 Å². The number of aryl methyl sites for hydroxylation is 1. The average Bonchev–Trinajstić information content (AvgIpc) is 3.58. The highest BCUT2D eigenvalue weighted by molar-refractivity contribution is 5.60. The Balaban J connectivity index is 1.37. The first kappa shape index (κ1) is 24.8. The predicted octanol–water partition coefficient (Wildman–Crippen LogP) is 6.34. The minimum absolute atomic E-state index is 0.233. The van der Waals surface area contributed by atoms with Crippen LogP contribution in [0.15, 0.2) is 59.8 Å². The molecule has 3 rings (SSSR count). The lowest BCUT2D eigenvalue weighted by molar-refractivity contribution is 0.129. The Kier molecular flexibility index (Phi) is 10.1. The molecule has 3 nitrogen and oxygen atoms in total. The van der Waals surface area contributed by atoms with Gasteiger partial charge in [0.1, 0.15) is 0 Å². The third-order valence-corrected chi connectivity index (χ3v) is 7.13. The monoisotopic (exact) mass is 436 g/mol. The lowest BCUT2D eigenvalue weighted by Crippen LogP contribution is -2.23. The number of nitrogens with zero attached hydrogens (tertiary/aromatic N) is 1. The zero-order chi connectivity index (χ0) is 22.8. The van der Waals surface area contributed by atoms with Crippen molar-refractivity contribution in [1.82, 2.24) is 5.32 Å². The summed E-state index contributed by atoms with van der Waals surface area (Å²) in [7, 11) is 0. The van der Waals surface area contributed by atoms with Gasteiger partial charge in [0.05, 0.1) is 12.1 Å². The number of rotatable bonds is 14. The van der Waals surface area contributed by atoms with Gasteiger partial charge in [-0.2, -0.15) is 0 Å². The Bertz CT molecular complexity index is 737. The van der Waals surface area contributed by atoms with E-state index in [1.54, 1.807) is 0 Å². The molecule has 0 aromatic heterocycles. The second-order valence-corrected chi connectivity index (χ2v) is 10.3. The third-order valence-electron chi connectivity index (χ3n) is 7.13. The van der Waals surface area contributed by atoms with Crippen molar-refractivity contribution in [3.8, 4) is 0 Å². The van der Waals surface area contributed by atoms with Crippen molar-refractivity contribution >= 4 is 6.21 Å². The molecule has 2 N–H and O–H groups in total. The fourth-order valence-corrected chi connectivity index (χ4v) is 4.76. The third kappa shape index (κ3) is 8.58. The maximum Gasteiger partial charge on any atom is 0.0595 e. The number of aliphatic imine (C=N–C) groups is 1. The number of aliphatic hydroxyl groups excluding tert-OH is 1. The van der Waals surface area contributed by atoms with E-state index in [2.05, 4.69) is 74.4 Å². The van der Waals surface area contributed by atoms with E-state index in [1.165, 1.54) is 24.1 Å². The summed E-state index contributed by atoms with van der Waals surface area (Å²) in [6, 6.07) is 10.9. The van der Waals surface area contributed by atoms with Gasteiger partial charge in [0.25, 0.3) is 0 Å². The highest BCUT2D eigenvalue weighted by Crippen LogP contribution is 2.36. The molecule has 0 aliphatic heterocycles. The van der Waals surface area contributed by atoms with Gasteiger partial charge in [0, 0.05) is 24.4 Å². The van der Waals surface area contributed by atoms with Crippen molar-refractivity contribution in [2.24, 2.45) is 28.7 Å². The van der Waals surface area contributed by atoms with E-state index >= 15 is 0 Å². The summed E-state index contributed by atoms with van der Waals surface area (Å²) in [6.07, 6.45) is 16.5. The van der Waals surface area contributed by atoms with Gasteiger partial charge in [0.15, 0.2) is 0 Å². The first-order valence-electron chi connectivity index (χ1n) is 12.8. The molecule has 0 spiro atoms. The van der Waals surface area contributed by atoms with Crippen LogP contribution in [0.1, 0.15) is 70.8 Å². The molecule has 1 aromatic rings. The van der Waals surface area contributed by atoms with Crippen LogP contribution in [0.4, 0.5) is 0 Å². The first-order chi connectivity index (χ1) is 15.5. The second-order valence-electron chi connectivity index (χ2n) is 10.3. The van der Waals surface area contributed by atoms with Crippen molar-refractivity contribution in [2.75, 3.05) is 6.54 Å². The van der Waals surface area contributed by atoms with E-state index in [1.807, 2.05) is 0 Å². The van der Waals surface area contributed by atoms with Crippen LogP contribution in [-0.4, -0.2) is 30.0 Å². The van der Waals surface area contributed by atoms with Crippen LogP contribution in [0.25, 0.3) is 0 Å². The maximum absolute atomic E-state index is 10.6. The predicted molar refractivity (Wildman–Crippen MR) is 137 cm³/mol. The molecule has 1 aromatic carbocycles. The molecule has 5 atom stereocenters. The highest BCUT2D eigenvalue weighted by Gasteiger charge is 2.39. The molecule has 0 saturated heterocycles. The fourth-order valence-electron chi connectivity index (χ4n) is 4.76. The molecule has 2 aliphatic carbocycles. The van der Waals surface area contributed by atoms with E-state index in [4.69, 9.17) is 4.99 Å². The van der Waals surface area contributed by atoms with Gasteiger partial charge in [-0.05, 0) is 81.1 Å². The van der Waals surface area contributed by atoms with E-state index in [0.29, 0.717) is 11.8 Å². The number of aliphatic hydroxyl groups is 1. The summed E-state index contributed by atoms with van der Waals surface area (Å²) in [5, 5.41) is 14.1. The Morgan fingerprint density at radius 1 is 1.25 bits per heavy atom. The van der Waals surface area contributed by atoms with E-state index in [-0.39, 0.29) is 18.1 Å². The zero-order valence-electron chi connectivity index (χ0n) is 20.3. The number of allylic oxidation sites excluding steroid dienone is 3. The number of nitrogens with one attached hydrogen (secondary N) is 1. The number of benzene rings is 1. The van der Waals surface area contributed by atoms with Gasteiger partial charge in [-0.25, -0.2) is 0 Å². The smallest absolute Gasteiger partial charge is 0.0595 e. The minimum atomic E-state index is -0.233. The summed E-state index contributed by atoms with van der Waals surface area (Å²) < 4.78 is 0. The molecule has 3 heteroatoms. The van der Waals surface area contributed by atoms with Crippen molar-refractivity contribution in [1.29, 1.82) is 0 Å². The zero-order valence-corrected chi connectivity index (χ0v) is 20.3. The van der Waals surface area contributed by atoms with Gasteiger partial charge in [0.2, 0.25) is 0 Å². The van der Waals surface area contributed by atoms with E-state index in [0.717, 1.165) is 57.4 Å². The van der Waals surface area contributed by atoms with Crippen molar-refractivity contribution in [2.45, 2.75) is 83.8 Å². The molecular formula is C29H44N2O. The second kappa shape index (κ2) is 13.0. The van der Waals surface area contributed by atoms with E-state index < -0.39 is 0 Å². The lowest BCUT2D eigenvalue weighted by Gasteiger charge is -2.20. The molecule has 176 valence electrons. The normalized spacial score (nSPS) is 26.7. The Labute approximate surface area is 196 Å². The van der Waals surface area contributed by atoms with Crippen LogP contribution in [0.2, 0.25) is 0 Å². The molecular weight excluding hydrogens is 392 g/mol. The number of unbranched alkanes of at least 4 members (excludes halogenated alkanes) is 1. The topological polar surface area (TPSA) is 44.6 Å². The highest BCUT2D eigenvalue weighted by atomic mass is 16.3. The molecule has 2 fully saturated rings. The number of hydrogen-bond acceptors (Lipinski definition) is 3. The van der Waals surface area contributed by atoms with Crippen LogP contribution >= 0.6 is 0 Å². The summed E-state index contributed by atoms with van der Waals surface area (Å²) in [4.78, 5) is 4.99. The van der Waals surface area contributed by atoms with Gasteiger partial charge in [-0.15, -0.1) is 0 Å². The van der Waals surface area contributed by atoms with Gasteiger partial charge >= 0.3 is 0 Å². The quantitative estimate of drug-likeness (QED) is 0.203. The van der Waals surface area contributed by atoms with Gasteiger partial charge in [-0.3, -0.25) is 4.99 Å². The standard InChI is InChI=1S/C29H44N2O/c1-22(15-16-25-12-8-6-9-13-25)20-31-29-23(2)19-28(32)27(29)14-10-5-4-7-11-24(3)30-21-26-17-18-26/h5-6,8-10,12-13,20,22-23,26-30,32H,3-4,7,11,14-19,21H2,1-2H3/b10-5-,31-20?/t22-,23+,27-,28-,29?/m0/s1. The molecule has 2 saturated carbocycles. The van der Waals surface area contributed by atoms with Gasteiger partial charge in [-0.1, -0.05) is 62.9 Å². The van der Waals surface area contributed by atoms with Crippen LogP contribution < -0.4 is 5.32 Å². The van der Waals surface area contributed by atoms with Gasteiger partial charge < -0.3 is 10.4 Å².